The molecular formula is C11H12O2. The predicted molar refractivity (Wildman–Crippen MR) is 52.6 cm³/mol. The van der Waals surface area contributed by atoms with Crippen molar-refractivity contribution in [2.24, 2.45) is 0 Å². The molecule has 0 saturated carbocycles. The van der Waals surface area contributed by atoms with Gasteiger partial charge in [-0.2, -0.15) is 0 Å². The number of aldehydes is 1. The number of aliphatic hydroxyl groups is 1. The summed E-state index contributed by atoms with van der Waals surface area (Å²) in [5, 5.41) is 8.80. The molecular weight excluding hydrogens is 164 g/mol. The van der Waals surface area contributed by atoms with Gasteiger partial charge in [-0.25, -0.2) is 0 Å². The second-order valence-electron chi connectivity index (χ2n) is 2.90. The van der Waals surface area contributed by atoms with E-state index in [2.05, 4.69) is 0 Å². The van der Waals surface area contributed by atoms with E-state index in [1.165, 1.54) is 0 Å². The lowest BCUT2D eigenvalue weighted by Crippen LogP contribution is -1.88. The van der Waals surface area contributed by atoms with Gasteiger partial charge in [0.1, 0.15) is 0 Å². The normalized spacial score (nSPS) is 11.4. The van der Waals surface area contributed by atoms with Gasteiger partial charge in [-0.15, -0.1) is 0 Å². The predicted octanol–water partition coefficient (Wildman–Crippen LogP) is 1.89. The van der Waals surface area contributed by atoms with Crippen molar-refractivity contribution in [2.45, 2.75) is 6.92 Å². The van der Waals surface area contributed by atoms with Crippen molar-refractivity contribution in [3.8, 4) is 0 Å². The van der Waals surface area contributed by atoms with Crippen molar-refractivity contribution in [3.05, 3.63) is 41.0 Å². The molecule has 0 heterocycles. The molecule has 0 aliphatic heterocycles. The lowest BCUT2D eigenvalue weighted by molar-refractivity contribution is 0.112. The van der Waals surface area contributed by atoms with Crippen molar-refractivity contribution in [3.63, 3.8) is 0 Å². The van der Waals surface area contributed by atoms with Crippen LogP contribution in [-0.2, 0) is 0 Å². The van der Waals surface area contributed by atoms with Crippen molar-refractivity contribution in [1.82, 2.24) is 0 Å². The lowest BCUT2D eigenvalue weighted by atomic mass is 10.1. The van der Waals surface area contributed by atoms with Crippen LogP contribution in [0.2, 0.25) is 0 Å². The number of carbonyl (C=O) groups excluding carboxylic acids is 1. The maximum absolute atomic E-state index is 10.6. The van der Waals surface area contributed by atoms with E-state index in [1.807, 2.05) is 31.2 Å². The van der Waals surface area contributed by atoms with Gasteiger partial charge in [-0.1, -0.05) is 30.3 Å². The van der Waals surface area contributed by atoms with Crippen LogP contribution in [0, 0.1) is 0 Å². The minimum absolute atomic E-state index is 0.0210. The van der Waals surface area contributed by atoms with Crippen LogP contribution in [0.15, 0.2) is 29.8 Å². The third kappa shape index (κ3) is 2.53. The Morgan fingerprint density at radius 2 is 2.00 bits per heavy atom. The zero-order valence-electron chi connectivity index (χ0n) is 7.53. The number of aliphatic hydroxyl groups excluding tert-OH is 1. The number of hydrogen-bond acceptors (Lipinski definition) is 2. The number of carbonyl (C=O) groups is 1. The monoisotopic (exact) mass is 176 g/mol. The molecule has 1 aromatic carbocycles. The topological polar surface area (TPSA) is 37.3 Å². The van der Waals surface area contributed by atoms with Crippen LogP contribution in [0.25, 0.3) is 6.08 Å². The Balaban J connectivity index is 3.06. The molecule has 13 heavy (non-hydrogen) atoms. The largest absolute Gasteiger partial charge is 0.392 e. The van der Waals surface area contributed by atoms with Crippen LogP contribution >= 0.6 is 0 Å². The SMILES string of the molecule is C/C(=C\c1ccccc1C=O)CO. The molecule has 1 rings (SSSR count). The molecule has 68 valence electrons. The summed E-state index contributed by atoms with van der Waals surface area (Å²) in [7, 11) is 0. The van der Waals surface area contributed by atoms with Gasteiger partial charge >= 0.3 is 0 Å². The summed E-state index contributed by atoms with van der Waals surface area (Å²) < 4.78 is 0. The van der Waals surface area contributed by atoms with Gasteiger partial charge in [0.05, 0.1) is 6.61 Å². The van der Waals surface area contributed by atoms with Crippen molar-refractivity contribution in [1.29, 1.82) is 0 Å². The van der Waals surface area contributed by atoms with Crippen LogP contribution in [-0.4, -0.2) is 18.0 Å². The Labute approximate surface area is 77.5 Å². The van der Waals surface area contributed by atoms with Gasteiger partial charge in [0, 0.05) is 5.56 Å². The molecule has 1 N–H and O–H groups in total. The molecule has 0 radical (unpaired) electrons. The molecule has 2 heteroatoms. The lowest BCUT2D eigenvalue weighted by Gasteiger charge is -1.99. The van der Waals surface area contributed by atoms with Crippen LogP contribution in [0.3, 0.4) is 0 Å². The van der Waals surface area contributed by atoms with E-state index < -0.39 is 0 Å². The van der Waals surface area contributed by atoms with E-state index in [1.54, 1.807) is 6.07 Å². The summed E-state index contributed by atoms with van der Waals surface area (Å²) in [5.74, 6) is 0. The molecule has 0 spiro atoms. The fraction of sp³-hybridized carbons (Fsp3) is 0.182. The van der Waals surface area contributed by atoms with Crippen LogP contribution in [0.1, 0.15) is 22.8 Å². The van der Waals surface area contributed by atoms with Gasteiger partial charge in [0.15, 0.2) is 6.29 Å². The van der Waals surface area contributed by atoms with E-state index in [0.29, 0.717) is 5.56 Å². The maximum atomic E-state index is 10.6. The highest BCUT2D eigenvalue weighted by molar-refractivity contribution is 5.82. The molecule has 1 aromatic rings. The summed E-state index contributed by atoms with van der Waals surface area (Å²) in [6.45, 7) is 1.84. The Morgan fingerprint density at radius 3 is 2.54 bits per heavy atom. The first kappa shape index (κ1) is 9.68. The zero-order valence-corrected chi connectivity index (χ0v) is 7.53. The molecule has 0 aromatic heterocycles. The standard InChI is InChI=1S/C11H12O2/c1-9(7-12)6-10-4-2-3-5-11(10)8-13/h2-6,8,12H,7H2,1H3/b9-6+. The highest BCUT2D eigenvalue weighted by Gasteiger charge is 1.96. The fourth-order valence-corrected chi connectivity index (χ4v) is 1.06. The quantitative estimate of drug-likeness (QED) is 0.714. The molecule has 0 unspecified atom stereocenters. The van der Waals surface area contributed by atoms with Crippen molar-refractivity contribution in [2.75, 3.05) is 6.61 Å². The molecule has 0 fully saturated rings. The minimum atomic E-state index is 0.0210. The first-order valence-corrected chi connectivity index (χ1v) is 4.10. The Kier molecular flexibility index (Phi) is 3.41. The Bertz CT molecular complexity index is 327. The first-order chi connectivity index (χ1) is 6.27. The summed E-state index contributed by atoms with van der Waals surface area (Å²) in [5.41, 5.74) is 2.34. The van der Waals surface area contributed by atoms with E-state index in [4.69, 9.17) is 5.11 Å². The van der Waals surface area contributed by atoms with Crippen molar-refractivity contribution < 1.29 is 9.90 Å². The average Bonchev–Trinajstić information content (AvgIpc) is 2.18. The second kappa shape index (κ2) is 4.58. The Morgan fingerprint density at radius 1 is 1.38 bits per heavy atom. The molecule has 0 saturated heterocycles. The van der Waals surface area contributed by atoms with Crippen LogP contribution < -0.4 is 0 Å². The first-order valence-electron chi connectivity index (χ1n) is 4.10. The van der Waals surface area contributed by atoms with E-state index in [0.717, 1.165) is 17.4 Å². The summed E-state index contributed by atoms with van der Waals surface area (Å²) >= 11 is 0. The summed E-state index contributed by atoms with van der Waals surface area (Å²) in [6, 6.07) is 7.28. The summed E-state index contributed by atoms with van der Waals surface area (Å²) in [4.78, 5) is 10.6. The van der Waals surface area contributed by atoms with Crippen LogP contribution in [0.5, 0.6) is 0 Å². The summed E-state index contributed by atoms with van der Waals surface area (Å²) in [6.07, 6.45) is 2.63. The van der Waals surface area contributed by atoms with E-state index in [9.17, 15) is 4.79 Å². The van der Waals surface area contributed by atoms with E-state index in [-0.39, 0.29) is 6.61 Å². The van der Waals surface area contributed by atoms with Gasteiger partial charge in [0.2, 0.25) is 0 Å². The van der Waals surface area contributed by atoms with Crippen LogP contribution in [0.4, 0.5) is 0 Å². The average molecular weight is 176 g/mol. The molecule has 0 atom stereocenters. The van der Waals surface area contributed by atoms with Crippen molar-refractivity contribution >= 4 is 12.4 Å². The molecule has 2 nitrogen and oxygen atoms in total. The molecule has 0 bridgehead atoms. The number of hydrogen-bond donors (Lipinski definition) is 1. The smallest absolute Gasteiger partial charge is 0.150 e. The third-order valence-electron chi connectivity index (χ3n) is 1.77. The van der Waals surface area contributed by atoms with Gasteiger partial charge in [0.25, 0.3) is 0 Å². The van der Waals surface area contributed by atoms with Gasteiger partial charge < -0.3 is 5.11 Å². The number of benzene rings is 1. The molecule has 0 aliphatic rings. The fourth-order valence-electron chi connectivity index (χ4n) is 1.06. The molecule has 0 aliphatic carbocycles. The molecule has 0 amide bonds. The highest BCUT2D eigenvalue weighted by atomic mass is 16.3. The van der Waals surface area contributed by atoms with Gasteiger partial charge in [-0.05, 0) is 18.1 Å². The zero-order chi connectivity index (χ0) is 9.68. The number of rotatable bonds is 3. The van der Waals surface area contributed by atoms with Gasteiger partial charge in [-0.3, -0.25) is 4.79 Å². The third-order valence-corrected chi connectivity index (χ3v) is 1.77. The second-order valence-corrected chi connectivity index (χ2v) is 2.90. The maximum Gasteiger partial charge on any atom is 0.150 e. The minimum Gasteiger partial charge on any atom is -0.392 e. The van der Waals surface area contributed by atoms with E-state index >= 15 is 0 Å². The Hall–Kier alpha value is -1.41. The highest BCUT2D eigenvalue weighted by Crippen LogP contribution is 2.10.